The summed E-state index contributed by atoms with van der Waals surface area (Å²) in [5, 5.41) is 10.2. The van der Waals surface area contributed by atoms with E-state index < -0.39 is 6.10 Å². The molecule has 3 rings (SSSR count). The van der Waals surface area contributed by atoms with Gasteiger partial charge in [-0.1, -0.05) is 18.2 Å². The zero-order valence-electron chi connectivity index (χ0n) is 14.8. The number of aromatic nitrogens is 1. The Morgan fingerprint density at radius 3 is 2.64 bits per heavy atom. The van der Waals surface area contributed by atoms with Crippen molar-refractivity contribution in [2.75, 3.05) is 39.3 Å². The molecular formula is C20H27N3O2. The Balaban J connectivity index is 1.37. The molecule has 0 amide bonds. The maximum atomic E-state index is 10.2. The summed E-state index contributed by atoms with van der Waals surface area (Å²) in [5.41, 5.74) is 2.42. The van der Waals surface area contributed by atoms with Gasteiger partial charge in [-0.05, 0) is 36.2 Å². The number of aliphatic hydroxyl groups is 1. The van der Waals surface area contributed by atoms with E-state index in [1.165, 1.54) is 5.56 Å². The van der Waals surface area contributed by atoms with Gasteiger partial charge >= 0.3 is 0 Å². The Labute approximate surface area is 149 Å². The number of hydrogen-bond donors (Lipinski definition) is 1. The van der Waals surface area contributed by atoms with Crippen LogP contribution in [-0.2, 0) is 6.54 Å². The van der Waals surface area contributed by atoms with Crippen molar-refractivity contribution in [2.45, 2.75) is 19.6 Å². The summed E-state index contributed by atoms with van der Waals surface area (Å²) >= 11 is 0. The average Bonchev–Trinajstić information content (AvgIpc) is 2.63. The molecule has 134 valence electrons. The molecule has 25 heavy (non-hydrogen) atoms. The second-order valence-corrected chi connectivity index (χ2v) is 6.72. The van der Waals surface area contributed by atoms with Gasteiger partial charge in [0.1, 0.15) is 18.5 Å². The van der Waals surface area contributed by atoms with E-state index >= 15 is 0 Å². The van der Waals surface area contributed by atoms with Gasteiger partial charge in [0, 0.05) is 51.7 Å². The van der Waals surface area contributed by atoms with Crippen molar-refractivity contribution in [3.63, 3.8) is 0 Å². The maximum absolute atomic E-state index is 10.2. The quantitative estimate of drug-likeness (QED) is 0.834. The first-order chi connectivity index (χ1) is 12.2. The molecule has 1 aromatic carbocycles. The fourth-order valence-corrected chi connectivity index (χ4v) is 3.13. The van der Waals surface area contributed by atoms with E-state index in [0.29, 0.717) is 13.2 Å². The number of piperazine rings is 1. The summed E-state index contributed by atoms with van der Waals surface area (Å²) in [7, 11) is 0. The molecule has 2 heterocycles. The molecule has 1 fully saturated rings. The molecule has 5 nitrogen and oxygen atoms in total. The number of hydrogen-bond acceptors (Lipinski definition) is 5. The topological polar surface area (TPSA) is 48.8 Å². The minimum Gasteiger partial charge on any atom is -0.491 e. The van der Waals surface area contributed by atoms with Crippen molar-refractivity contribution in [1.29, 1.82) is 0 Å². The van der Waals surface area contributed by atoms with Crippen molar-refractivity contribution in [1.82, 2.24) is 14.8 Å². The zero-order valence-corrected chi connectivity index (χ0v) is 14.8. The number of rotatable bonds is 7. The van der Waals surface area contributed by atoms with Crippen LogP contribution in [0.4, 0.5) is 0 Å². The van der Waals surface area contributed by atoms with Crippen LogP contribution in [0, 0.1) is 6.92 Å². The minimum absolute atomic E-state index is 0.333. The number of aliphatic hydroxyl groups excluding tert-OH is 1. The molecule has 0 bridgehead atoms. The zero-order chi connectivity index (χ0) is 17.5. The predicted octanol–water partition coefficient (Wildman–Crippen LogP) is 1.95. The molecule has 1 aliphatic heterocycles. The highest BCUT2D eigenvalue weighted by Gasteiger charge is 2.19. The van der Waals surface area contributed by atoms with E-state index in [1.54, 1.807) is 0 Å². The van der Waals surface area contributed by atoms with Crippen LogP contribution in [0.15, 0.2) is 48.8 Å². The monoisotopic (exact) mass is 341 g/mol. The first kappa shape index (κ1) is 17.9. The Morgan fingerprint density at radius 2 is 1.92 bits per heavy atom. The predicted molar refractivity (Wildman–Crippen MR) is 98.6 cm³/mol. The second-order valence-electron chi connectivity index (χ2n) is 6.72. The summed E-state index contributed by atoms with van der Waals surface area (Å²) in [6.45, 7) is 7.95. The molecule has 0 aliphatic carbocycles. The van der Waals surface area contributed by atoms with Crippen molar-refractivity contribution >= 4 is 0 Å². The van der Waals surface area contributed by atoms with E-state index in [-0.39, 0.29) is 0 Å². The van der Waals surface area contributed by atoms with Gasteiger partial charge in [-0.2, -0.15) is 0 Å². The van der Waals surface area contributed by atoms with Crippen molar-refractivity contribution in [3.8, 4) is 5.75 Å². The number of β-amino-alcohol motifs (C(OH)–C–C–N with tert-alkyl or cyclic N) is 1. The molecule has 1 unspecified atom stereocenters. The van der Waals surface area contributed by atoms with Crippen molar-refractivity contribution in [2.24, 2.45) is 0 Å². The Kier molecular flexibility index (Phi) is 6.39. The molecule has 2 aromatic rings. The summed E-state index contributed by atoms with van der Waals surface area (Å²) in [4.78, 5) is 8.91. The molecule has 1 aromatic heterocycles. The standard InChI is InChI=1S/C20H27N3O2/c1-17-4-2-6-20(12-17)25-16-19(24)15-23-10-8-22(9-11-23)14-18-5-3-7-21-13-18/h2-7,12-13,19,24H,8-11,14-16H2,1H3. The summed E-state index contributed by atoms with van der Waals surface area (Å²) in [6, 6.07) is 12.0. The Bertz CT molecular complexity index is 642. The molecule has 1 saturated heterocycles. The van der Waals surface area contributed by atoms with Gasteiger partial charge in [0.25, 0.3) is 0 Å². The van der Waals surface area contributed by atoms with Crippen molar-refractivity contribution in [3.05, 3.63) is 59.9 Å². The lowest BCUT2D eigenvalue weighted by atomic mass is 10.2. The van der Waals surface area contributed by atoms with E-state index in [1.807, 2.05) is 49.6 Å². The lowest BCUT2D eigenvalue weighted by molar-refractivity contribution is 0.0446. The van der Waals surface area contributed by atoms with Gasteiger partial charge in [-0.25, -0.2) is 0 Å². The average molecular weight is 341 g/mol. The third kappa shape index (κ3) is 5.81. The molecule has 1 aliphatic rings. The second kappa shape index (κ2) is 8.94. The van der Waals surface area contributed by atoms with Gasteiger partial charge in [0.2, 0.25) is 0 Å². The number of ether oxygens (including phenoxy) is 1. The van der Waals surface area contributed by atoms with Gasteiger partial charge in [0.05, 0.1) is 0 Å². The molecule has 0 saturated carbocycles. The van der Waals surface area contributed by atoms with Crippen LogP contribution in [-0.4, -0.2) is 65.3 Å². The molecule has 1 N–H and O–H groups in total. The number of pyridine rings is 1. The lowest BCUT2D eigenvalue weighted by Crippen LogP contribution is -2.48. The fraction of sp³-hybridized carbons (Fsp3) is 0.450. The number of benzene rings is 1. The molecule has 0 radical (unpaired) electrons. The third-order valence-corrected chi connectivity index (χ3v) is 4.49. The van der Waals surface area contributed by atoms with E-state index in [0.717, 1.165) is 44.0 Å². The van der Waals surface area contributed by atoms with Gasteiger partial charge in [-0.3, -0.25) is 14.8 Å². The van der Waals surface area contributed by atoms with Crippen LogP contribution < -0.4 is 4.74 Å². The Morgan fingerprint density at radius 1 is 1.12 bits per heavy atom. The van der Waals surface area contributed by atoms with E-state index in [9.17, 15) is 5.11 Å². The highest BCUT2D eigenvalue weighted by atomic mass is 16.5. The highest BCUT2D eigenvalue weighted by molar-refractivity contribution is 5.27. The van der Waals surface area contributed by atoms with Gasteiger partial charge in [0.15, 0.2) is 0 Å². The number of aryl methyl sites for hydroxylation is 1. The third-order valence-electron chi connectivity index (χ3n) is 4.49. The van der Waals surface area contributed by atoms with Crippen LogP contribution in [0.25, 0.3) is 0 Å². The van der Waals surface area contributed by atoms with Crippen LogP contribution in [0.5, 0.6) is 5.75 Å². The molecule has 5 heteroatoms. The lowest BCUT2D eigenvalue weighted by Gasteiger charge is -2.35. The SMILES string of the molecule is Cc1cccc(OCC(O)CN2CCN(Cc3cccnc3)CC2)c1. The Hall–Kier alpha value is -1.95. The summed E-state index contributed by atoms with van der Waals surface area (Å²) < 4.78 is 5.70. The fourth-order valence-electron chi connectivity index (χ4n) is 3.13. The maximum Gasteiger partial charge on any atom is 0.119 e. The van der Waals surface area contributed by atoms with Crippen LogP contribution >= 0.6 is 0 Å². The summed E-state index contributed by atoms with van der Waals surface area (Å²) in [5.74, 6) is 0.820. The van der Waals surface area contributed by atoms with E-state index in [2.05, 4.69) is 20.9 Å². The number of nitrogens with zero attached hydrogens (tertiary/aromatic N) is 3. The van der Waals surface area contributed by atoms with Crippen LogP contribution in [0.2, 0.25) is 0 Å². The normalized spacial score (nSPS) is 17.4. The van der Waals surface area contributed by atoms with Crippen LogP contribution in [0.3, 0.4) is 0 Å². The molecule has 1 atom stereocenters. The minimum atomic E-state index is -0.467. The van der Waals surface area contributed by atoms with E-state index in [4.69, 9.17) is 4.74 Å². The van der Waals surface area contributed by atoms with Gasteiger partial charge < -0.3 is 9.84 Å². The smallest absolute Gasteiger partial charge is 0.119 e. The largest absolute Gasteiger partial charge is 0.491 e. The first-order valence-corrected chi connectivity index (χ1v) is 8.90. The van der Waals surface area contributed by atoms with Crippen LogP contribution in [0.1, 0.15) is 11.1 Å². The summed E-state index contributed by atoms with van der Waals surface area (Å²) in [6.07, 6.45) is 3.27. The molecular weight excluding hydrogens is 314 g/mol. The first-order valence-electron chi connectivity index (χ1n) is 8.90. The van der Waals surface area contributed by atoms with Crippen molar-refractivity contribution < 1.29 is 9.84 Å². The highest BCUT2D eigenvalue weighted by Crippen LogP contribution is 2.13. The van der Waals surface area contributed by atoms with Gasteiger partial charge in [-0.15, -0.1) is 0 Å². The molecule has 0 spiro atoms.